The average Bonchev–Trinajstić information content (AvgIpc) is 3.23. The minimum Gasteiger partial charge on any atom is -0.456 e. The molecule has 158 valence electrons. The molecule has 2 N–H and O–H groups in total. The molecule has 4 rings (SSSR count). The summed E-state index contributed by atoms with van der Waals surface area (Å²) in [5.41, 5.74) is 1.98. The minimum atomic E-state index is -0.653. The Morgan fingerprint density at radius 3 is 2.44 bits per heavy atom. The van der Waals surface area contributed by atoms with Crippen molar-refractivity contribution in [1.29, 1.82) is 5.26 Å². The molecule has 0 saturated heterocycles. The number of carbonyl (C=O) groups is 1. The number of aromatic nitrogens is 1. The molecule has 3 aromatic carbocycles. The number of nitriles is 1. The van der Waals surface area contributed by atoms with Gasteiger partial charge in [-0.2, -0.15) is 5.26 Å². The maximum absolute atomic E-state index is 13.0. The van der Waals surface area contributed by atoms with Gasteiger partial charge in [-0.05, 0) is 48.9 Å². The van der Waals surface area contributed by atoms with Gasteiger partial charge in [0.25, 0.3) is 5.91 Å². The van der Waals surface area contributed by atoms with Crippen LogP contribution in [0.15, 0.2) is 89.5 Å². The molecule has 1 aromatic heterocycles. The van der Waals surface area contributed by atoms with E-state index in [0.29, 0.717) is 28.6 Å². The summed E-state index contributed by atoms with van der Waals surface area (Å²) in [5.74, 6) is 1.76. The number of para-hydroxylation sites is 1. The van der Waals surface area contributed by atoms with Crippen LogP contribution < -0.4 is 15.4 Å². The summed E-state index contributed by atoms with van der Waals surface area (Å²) < 4.78 is 10.9. The molecule has 1 heterocycles. The first-order valence-corrected chi connectivity index (χ1v) is 9.95. The van der Waals surface area contributed by atoms with Gasteiger partial charge in [-0.25, -0.2) is 0 Å². The van der Waals surface area contributed by atoms with Crippen LogP contribution in [0.1, 0.15) is 22.9 Å². The number of amides is 1. The highest BCUT2D eigenvalue weighted by Crippen LogP contribution is 2.27. The average molecular weight is 424 g/mol. The zero-order valence-corrected chi connectivity index (χ0v) is 17.3. The minimum absolute atomic E-state index is 0.271. The van der Waals surface area contributed by atoms with Crippen molar-refractivity contribution in [2.24, 2.45) is 0 Å². The lowest BCUT2D eigenvalue weighted by atomic mass is 10.1. The molecule has 32 heavy (non-hydrogen) atoms. The maximum atomic E-state index is 13.0. The first-order chi connectivity index (χ1) is 15.6. The van der Waals surface area contributed by atoms with E-state index >= 15 is 0 Å². The number of nitrogens with one attached hydrogen (secondary N) is 2. The number of hydrogen-bond donors (Lipinski definition) is 2. The molecule has 0 aliphatic carbocycles. The van der Waals surface area contributed by atoms with Crippen LogP contribution in [0.5, 0.6) is 11.5 Å². The van der Waals surface area contributed by atoms with Crippen LogP contribution in [0.3, 0.4) is 0 Å². The van der Waals surface area contributed by atoms with E-state index in [2.05, 4.69) is 21.9 Å². The smallest absolute Gasteiger partial charge is 0.252 e. The van der Waals surface area contributed by atoms with Crippen LogP contribution in [0.4, 0.5) is 11.5 Å². The van der Waals surface area contributed by atoms with Crippen molar-refractivity contribution in [3.8, 4) is 17.6 Å². The van der Waals surface area contributed by atoms with E-state index in [-0.39, 0.29) is 5.91 Å². The third kappa shape index (κ3) is 4.94. The second kappa shape index (κ2) is 9.49. The summed E-state index contributed by atoms with van der Waals surface area (Å²) in [4.78, 5) is 13.0. The molecular formula is C25H20N4O3. The van der Waals surface area contributed by atoms with Crippen LogP contribution in [-0.4, -0.2) is 11.1 Å². The SMILES string of the molecule is Cc1cc(NC(=O)C(Nc2ccc(Oc3ccccc3C#N)cc2)c2ccccc2)no1. The van der Waals surface area contributed by atoms with E-state index in [1.807, 2.05) is 48.5 Å². The van der Waals surface area contributed by atoms with Gasteiger partial charge in [0.05, 0.1) is 5.56 Å². The Kier molecular flexibility index (Phi) is 6.14. The summed E-state index contributed by atoms with van der Waals surface area (Å²) >= 11 is 0. The Hall–Kier alpha value is -4.57. The third-order valence-electron chi connectivity index (χ3n) is 4.67. The van der Waals surface area contributed by atoms with Gasteiger partial charge in [-0.15, -0.1) is 0 Å². The van der Waals surface area contributed by atoms with Gasteiger partial charge in [0.15, 0.2) is 5.82 Å². The summed E-state index contributed by atoms with van der Waals surface area (Å²) in [6.45, 7) is 1.76. The summed E-state index contributed by atoms with van der Waals surface area (Å²) in [6, 6.07) is 26.7. The molecule has 0 bridgehead atoms. The normalized spacial score (nSPS) is 11.2. The first-order valence-electron chi connectivity index (χ1n) is 9.95. The molecule has 0 aliphatic rings. The van der Waals surface area contributed by atoms with Crippen molar-refractivity contribution < 1.29 is 14.1 Å². The Morgan fingerprint density at radius 2 is 1.75 bits per heavy atom. The summed E-state index contributed by atoms with van der Waals surface area (Å²) in [5, 5.41) is 19.1. The molecule has 1 atom stereocenters. The number of nitrogens with zero attached hydrogens (tertiary/aromatic N) is 2. The van der Waals surface area contributed by atoms with Crippen LogP contribution >= 0.6 is 0 Å². The van der Waals surface area contributed by atoms with E-state index in [4.69, 9.17) is 9.26 Å². The lowest BCUT2D eigenvalue weighted by Crippen LogP contribution is -2.27. The highest BCUT2D eigenvalue weighted by atomic mass is 16.5. The van der Waals surface area contributed by atoms with Crippen molar-refractivity contribution in [2.45, 2.75) is 13.0 Å². The number of rotatable bonds is 7. The zero-order chi connectivity index (χ0) is 22.3. The monoisotopic (exact) mass is 424 g/mol. The van der Waals surface area contributed by atoms with Crippen LogP contribution in [0.25, 0.3) is 0 Å². The number of carbonyl (C=O) groups excluding carboxylic acids is 1. The highest BCUT2D eigenvalue weighted by molar-refractivity contribution is 5.96. The van der Waals surface area contributed by atoms with Gasteiger partial charge < -0.3 is 19.9 Å². The largest absolute Gasteiger partial charge is 0.456 e. The standard InChI is InChI=1S/C25H20N4O3/c1-17-15-23(29-32-17)28-25(30)24(18-7-3-2-4-8-18)27-20-11-13-21(14-12-20)31-22-10-6-5-9-19(22)16-26/h2-15,24,27H,1H3,(H,28,29,30). The molecule has 0 saturated carbocycles. The maximum Gasteiger partial charge on any atom is 0.252 e. The van der Waals surface area contributed by atoms with Gasteiger partial charge in [0.1, 0.15) is 29.4 Å². The van der Waals surface area contributed by atoms with E-state index < -0.39 is 6.04 Å². The Morgan fingerprint density at radius 1 is 1.03 bits per heavy atom. The lowest BCUT2D eigenvalue weighted by Gasteiger charge is -2.19. The van der Waals surface area contributed by atoms with Crippen molar-refractivity contribution in [3.63, 3.8) is 0 Å². The van der Waals surface area contributed by atoms with E-state index in [0.717, 1.165) is 11.3 Å². The van der Waals surface area contributed by atoms with Crippen LogP contribution in [-0.2, 0) is 4.79 Å². The summed E-state index contributed by atoms with van der Waals surface area (Å²) in [6.07, 6.45) is 0. The van der Waals surface area contributed by atoms with Crippen molar-refractivity contribution in [1.82, 2.24) is 5.16 Å². The molecule has 7 heteroatoms. The molecule has 7 nitrogen and oxygen atoms in total. The number of benzene rings is 3. The fourth-order valence-corrected chi connectivity index (χ4v) is 3.13. The number of ether oxygens (including phenoxy) is 1. The predicted molar refractivity (Wildman–Crippen MR) is 120 cm³/mol. The Labute approximate surface area is 185 Å². The third-order valence-corrected chi connectivity index (χ3v) is 4.67. The molecule has 1 unspecified atom stereocenters. The molecule has 0 radical (unpaired) electrons. The number of hydrogen-bond acceptors (Lipinski definition) is 6. The Balaban J connectivity index is 1.52. The van der Waals surface area contributed by atoms with Crippen LogP contribution in [0.2, 0.25) is 0 Å². The lowest BCUT2D eigenvalue weighted by molar-refractivity contribution is -0.117. The fraction of sp³-hybridized carbons (Fsp3) is 0.0800. The predicted octanol–water partition coefficient (Wildman–Crippen LogP) is 5.44. The van der Waals surface area contributed by atoms with Gasteiger partial charge >= 0.3 is 0 Å². The molecule has 0 fully saturated rings. The van der Waals surface area contributed by atoms with E-state index in [9.17, 15) is 10.1 Å². The van der Waals surface area contributed by atoms with Crippen molar-refractivity contribution in [3.05, 3.63) is 102 Å². The Bertz CT molecular complexity index is 1240. The molecular weight excluding hydrogens is 404 g/mol. The highest BCUT2D eigenvalue weighted by Gasteiger charge is 2.21. The molecule has 1 amide bonds. The quantitative estimate of drug-likeness (QED) is 0.410. The number of anilines is 2. The fourth-order valence-electron chi connectivity index (χ4n) is 3.13. The number of aryl methyl sites for hydroxylation is 1. The van der Waals surface area contributed by atoms with Crippen molar-refractivity contribution in [2.75, 3.05) is 10.6 Å². The first kappa shape index (κ1) is 20.7. The van der Waals surface area contributed by atoms with E-state index in [1.54, 1.807) is 43.3 Å². The second-order valence-corrected chi connectivity index (χ2v) is 7.03. The topological polar surface area (TPSA) is 100 Å². The molecule has 0 spiro atoms. The van der Waals surface area contributed by atoms with Gasteiger partial charge in [0, 0.05) is 11.8 Å². The van der Waals surface area contributed by atoms with Gasteiger partial charge in [0.2, 0.25) is 0 Å². The van der Waals surface area contributed by atoms with Crippen molar-refractivity contribution >= 4 is 17.4 Å². The molecule has 4 aromatic rings. The zero-order valence-electron chi connectivity index (χ0n) is 17.3. The van der Waals surface area contributed by atoms with Gasteiger partial charge in [-0.3, -0.25) is 4.79 Å². The summed E-state index contributed by atoms with van der Waals surface area (Å²) in [7, 11) is 0. The van der Waals surface area contributed by atoms with Crippen LogP contribution in [0, 0.1) is 18.3 Å². The van der Waals surface area contributed by atoms with E-state index in [1.165, 1.54) is 0 Å². The molecule has 0 aliphatic heterocycles. The second-order valence-electron chi connectivity index (χ2n) is 7.03. The van der Waals surface area contributed by atoms with Gasteiger partial charge in [-0.1, -0.05) is 47.6 Å².